The Hall–Kier alpha value is -1.06. The molecule has 0 aliphatic carbocycles. The highest BCUT2D eigenvalue weighted by atomic mass is 32.2. The van der Waals surface area contributed by atoms with E-state index < -0.39 is 15.7 Å². The molecule has 0 unspecified atom stereocenters. The molecule has 0 aliphatic heterocycles. The minimum absolute atomic E-state index is 0.0928. The minimum Gasteiger partial charge on any atom is -0.229 e. The van der Waals surface area contributed by atoms with Crippen LogP contribution in [0, 0.1) is 17.1 Å². The van der Waals surface area contributed by atoms with Gasteiger partial charge in [0.2, 0.25) is 0 Å². The number of hydrogen-bond acceptors (Lipinski definition) is 4. The molecular formula is C11H12FNO2S2. The van der Waals surface area contributed by atoms with Crippen LogP contribution in [0.1, 0.15) is 11.1 Å². The third-order valence-electron chi connectivity index (χ3n) is 2.04. The van der Waals surface area contributed by atoms with Gasteiger partial charge >= 0.3 is 0 Å². The number of rotatable bonds is 5. The van der Waals surface area contributed by atoms with Gasteiger partial charge in [0.15, 0.2) is 0 Å². The van der Waals surface area contributed by atoms with Gasteiger partial charge in [-0.05, 0) is 17.7 Å². The number of thioether (sulfide) groups is 1. The van der Waals surface area contributed by atoms with Crippen molar-refractivity contribution >= 4 is 21.6 Å². The lowest BCUT2D eigenvalue weighted by Crippen LogP contribution is -2.05. The molecule has 0 N–H and O–H groups in total. The third kappa shape index (κ3) is 5.20. The molecule has 0 aromatic heterocycles. The van der Waals surface area contributed by atoms with Gasteiger partial charge in [0, 0.05) is 17.8 Å². The van der Waals surface area contributed by atoms with Crippen molar-refractivity contribution in [3.8, 4) is 6.07 Å². The molecule has 0 bridgehead atoms. The van der Waals surface area contributed by atoms with Crippen LogP contribution in [0.5, 0.6) is 0 Å². The highest BCUT2D eigenvalue weighted by Crippen LogP contribution is 2.17. The molecule has 3 nitrogen and oxygen atoms in total. The summed E-state index contributed by atoms with van der Waals surface area (Å²) in [4.78, 5) is 0. The second kappa shape index (κ2) is 6.03. The second-order valence-electron chi connectivity index (χ2n) is 3.60. The first-order valence-corrected chi connectivity index (χ1v) is 8.08. The Morgan fingerprint density at radius 3 is 2.71 bits per heavy atom. The van der Waals surface area contributed by atoms with Gasteiger partial charge in [-0.15, -0.1) is 0 Å². The first-order valence-electron chi connectivity index (χ1n) is 4.86. The zero-order valence-electron chi connectivity index (χ0n) is 9.31. The van der Waals surface area contributed by atoms with E-state index in [1.807, 2.05) is 6.07 Å². The summed E-state index contributed by atoms with van der Waals surface area (Å²) in [6, 6.07) is 6.15. The van der Waals surface area contributed by atoms with Gasteiger partial charge in [0.1, 0.15) is 15.7 Å². The fourth-order valence-corrected chi connectivity index (χ4v) is 3.41. The molecule has 0 spiro atoms. The Morgan fingerprint density at radius 1 is 1.47 bits per heavy atom. The van der Waals surface area contributed by atoms with Gasteiger partial charge < -0.3 is 0 Å². The molecule has 0 fully saturated rings. The van der Waals surface area contributed by atoms with E-state index in [1.165, 1.54) is 24.1 Å². The van der Waals surface area contributed by atoms with E-state index >= 15 is 0 Å². The molecule has 0 heterocycles. The van der Waals surface area contributed by atoms with Crippen molar-refractivity contribution in [2.45, 2.75) is 5.75 Å². The molecule has 0 atom stereocenters. The number of sulfone groups is 1. The average Bonchev–Trinajstić information content (AvgIpc) is 2.24. The summed E-state index contributed by atoms with van der Waals surface area (Å²) >= 11 is 1.36. The van der Waals surface area contributed by atoms with E-state index in [0.29, 0.717) is 17.1 Å². The van der Waals surface area contributed by atoms with Crippen molar-refractivity contribution in [2.24, 2.45) is 0 Å². The SMILES string of the molecule is CS(=O)(=O)CCSCc1ccc(C#N)cc1F. The van der Waals surface area contributed by atoms with E-state index in [-0.39, 0.29) is 11.3 Å². The number of nitrogens with zero attached hydrogens (tertiary/aromatic N) is 1. The number of nitriles is 1. The second-order valence-corrected chi connectivity index (χ2v) is 6.97. The van der Waals surface area contributed by atoms with Gasteiger partial charge in [0.25, 0.3) is 0 Å². The minimum atomic E-state index is -2.96. The summed E-state index contributed by atoms with van der Waals surface area (Å²) in [5, 5.41) is 8.57. The lowest BCUT2D eigenvalue weighted by molar-refractivity contribution is 0.603. The summed E-state index contributed by atoms with van der Waals surface area (Å²) < 4.78 is 35.2. The average molecular weight is 273 g/mol. The van der Waals surface area contributed by atoms with Gasteiger partial charge in [-0.2, -0.15) is 17.0 Å². The fourth-order valence-electron chi connectivity index (χ4n) is 1.13. The molecular weight excluding hydrogens is 261 g/mol. The molecule has 0 saturated heterocycles. The lowest BCUT2D eigenvalue weighted by atomic mass is 10.1. The number of halogens is 1. The highest BCUT2D eigenvalue weighted by Gasteiger charge is 2.05. The van der Waals surface area contributed by atoms with E-state index in [4.69, 9.17) is 5.26 Å². The topological polar surface area (TPSA) is 57.9 Å². The van der Waals surface area contributed by atoms with Crippen molar-refractivity contribution in [3.05, 3.63) is 35.1 Å². The van der Waals surface area contributed by atoms with Gasteiger partial charge in [-0.25, -0.2) is 12.8 Å². The maximum atomic E-state index is 13.4. The number of hydrogen-bond donors (Lipinski definition) is 0. The van der Waals surface area contributed by atoms with Crippen LogP contribution in [-0.4, -0.2) is 26.2 Å². The molecule has 1 aromatic rings. The predicted molar refractivity (Wildman–Crippen MR) is 67.0 cm³/mol. The zero-order chi connectivity index (χ0) is 12.9. The Labute approximate surface area is 105 Å². The van der Waals surface area contributed by atoms with Gasteiger partial charge in [0.05, 0.1) is 17.4 Å². The zero-order valence-corrected chi connectivity index (χ0v) is 10.9. The first kappa shape index (κ1) is 14.0. The maximum Gasteiger partial charge on any atom is 0.148 e. The quantitative estimate of drug-likeness (QED) is 0.770. The van der Waals surface area contributed by atoms with Crippen molar-refractivity contribution in [1.82, 2.24) is 0 Å². The molecule has 1 aromatic carbocycles. The molecule has 92 valence electrons. The Kier molecular flexibility index (Phi) is 4.97. The van der Waals surface area contributed by atoms with Crippen LogP contribution in [0.15, 0.2) is 18.2 Å². The molecule has 0 aliphatic rings. The smallest absolute Gasteiger partial charge is 0.148 e. The van der Waals surface area contributed by atoms with Gasteiger partial charge in [-0.3, -0.25) is 0 Å². The summed E-state index contributed by atoms with van der Waals surface area (Å²) in [5.74, 6) is 0.525. The molecule has 6 heteroatoms. The van der Waals surface area contributed by atoms with Crippen molar-refractivity contribution in [1.29, 1.82) is 5.26 Å². The van der Waals surface area contributed by atoms with Crippen LogP contribution < -0.4 is 0 Å². The Balaban J connectivity index is 2.51. The van der Waals surface area contributed by atoms with Crippen LogP contribution in [0.4, 0.5) is 4.39 Å². The summed E-state index contributed by atoms with van der Waals surface area (Å²) in [6.07, 6.45) is 1.18. The molecule has 0 saturated carbocycles. The van der Waals surface area contributed by atoms with Crippen molar-refractivity contribution in [3.63, 3.8) is 0 Å². The molecule has 17 heavy (non-hydrogen) atoms. The highest BCUT2D eigenvalue weighted by molar-refractivity contribution is 7.99. The van der Waals surface area contributed by atoms with Crippen LogP contribution in [0.25, 0.3) is 0 Å². The molecule has 0 radical (unpaired) electrons. The monoisotopic (exact) mass is 273 g/mol. The first-order chi connectivity index (χ1) is 7.92. The normalized spacial score (nSPS) is 11.1. The fraction of sp³-hybridized carbons (Fsp3) is 0.364. The maximum absolute atomic E-state index is 13.4. The Morgan fingerprint density at radius 2 is 2.18 bits per heavy atom. The summed E-state index contributed by atoms with van der Waals surface area (Å²) in [7, 11) is -2.96. The standard InChI is InChI=1S/C11H12FNO2S2/c1-17(14,15)5-4-16-8-10-3-2-9(7-13)6-11(10)12/h2-3,6H,4-5,8H2,1H3. The molecule has 0 amide bonds. The predicted octanol–water partition coefficient (Wildman–Crippen LogP) is 1.98. The van der Waals surface area contributed by atoms with Crippen molar-refractivity contribution in [2.75, 3.05) is 17.8 Å². The van der Waals surface area contributed by atoms with Crippen LogP contribution in [0.3, 0.4) is 0 Å². The van der Waals surface area contributed by atoms with E-state index in [2.05, 4.69) is 0 Å². The van der Waals surface area contributed by atoms with Gasteiger partial charge in [-0.1, -0.05) is 6.07 Å². The van der Waals surface area contributed by atoms with Crippen LogP contribution in [-0.2, 0) is 15.6 Å². The summed E-state index contributed by atoms with van der Waals surface area (Å²) in [5.41, 5.74) is 0.773. The third-order valence-corrected chi connectivity index (χ3v) is 4.25. The van der Waals surface area contributed by atoms with E-state index in [9.17, 15) is 12.8 Å². The van der Waals surface area contributed by atoms with E-state index in [1.54, 1.807) is 12.1 Å². The van der Waals surface area contributed by atoms with E-state index in [0.717, 1.165) is 0 Å². The summed E-state index contributed by atoms with van der Waals surface area (Å²) in [6.45, 7) is 0. The Bertz CT molecular complexity index is 535. The van der Waals surface area contributed by atoms with Crippen molar-refractivity contribution < 1.29 is 12.8 Å². The van der Waals surface area contributed by atoms with Crippen LogP contribution in [0.2, 0.25) is 0 Å². The van der Waals surface area contributed by atoms with Crippen LogP contribution >= 0.6 is 11.8 Å². The molecule has 1 rings (SSSR count). The largest absolute Gasteiger partial charge is 0.229 e. The lowest BCUT2D eigenvalue weighted by Gasteiger charge is -2.03. The number of benzene rings is 1.